The van der Waals surface area contributed by atoms with E-state index in [0.29, 0.717) is 6.10 Å². The largest absolute Gasteiger partial charge is 0.472 e. The Hall–Kier alpha value is -0.800. The summed E-state index contributed by atoms with van der Waals surface area (Å²) in [4.78, 5) is 0. The molecule has 0 bridgehead atoms. The predicted octanol–water partition coefficient (Wildman–Crippen LogP) is 3.35. The van der Waals surface area contributed by atoms with E-state index < -0.39 is 0 Å². The second-order valence-corrected chi connectivity index (χ2v) is 5.17. The van der Waals surface area contributed by atoms with Gasteiger partial charge in [0, 0.05) is 18.7 Å². The molecule has 2 rings (SSSR count). The van der Waals surface area contributed by atoms with Crippen LogP contribution in [-0.4, -0.2) is 19.3 Å². The van der Waals surface area contributed by atoms with Crippen molar-refractivity contribution in [2.24, 2.45) is 5.92 Å². The fourth-order valence-corrected chi connectivity index (χ4v) is 2.77. The van der Waals surface area contributed by atoms with Crippen molar-refractivity contribution in [1.29, 1.82) is 0 Å². The molecule has 1 N–H and O–H groups in total. The number of furan rings is 1. The number of nitrogens with one attached hydrogen (secondary N) is 1. The van der Waals surface area contributed by atoms with E-state index in [1.165, 1.54) is 37.7 Å². The summed E-state index contributed by atoms with van der Waals surface area (Å²) in [6, 6.07) is 1.99. The van der Waals surface area contributed by atoms with E-state index in [9.17, 15) is 0 Å². The van der Waals surface area contributed by atoms with Crippen LogP contribution in [0.15, 0.2) is 23.0 Å². The van der Waals surface area contributed by atoms with E-state index in [1.807, 2.05) is 6.07 Å². The molecule has 1 aliphatic rings. The summed E-state index contributed by atoms with van der Waals surface area (Å²) in [5.41, 5.74) is 1.19. The minimum absolute atomic E-state index is 0.500. The first-order valence-electron chi connectivity index (χ1n) is 7.23. The number of hydrogen-bond acceptors (Lipinski definition) is 3. The Balaban J connectivity index is 1.57. The van der Waals surface area contributed by atoms with E-state index in [4.69, 9.17) is 9.15 Å². The molecule has 1 aromatic rings. The molecule has 18 heavy (non-hydrogen) atoms. The van der Waals surface area contributed by atoms with Gasteiger partial charge < -0.3 is 14.5 Å². The molecular weight excluding hydrogens is 226 g/mol. The third-order valence-electron chi connectivity index (χ3n) is 3.88. The zero-order valence-electron chi connectivity index (χ0n) is 11.4. The average molecular weight is 251 g/mol. The van der Waals surface area contributed by atoms with Crippen molar-refractivity contribution < 1.29 is 9.15 Å². The Morgan fingerprint density at radius 3 is 3.06 bits per heavy atom. The van der Waals surface area contributed by atoms with Crippen LogP contribution in [0.25, 0.3) is 0 Å². The van der Waals surface area contributed by atoms with Crippen molar-refractivity contribution in [3.63, 3.8) is 0 Å². The van der Waals surface area contributed by atoms with Gasteiger partial charge in [-0.1, -0.05) is 26.2 Å². The third kappa shape index (κ3) is 4.14. The molecule has 0 radical (unpaired) electrons. The number of ether oxygens (including phenoxy) is 1. The molecule has 2 unspecified atom stereocenters. The van der Waals surface area contributed by atoms with Gasteiger partial charge in [0.05, 0.1) is 25.2 Å². The van der Waals surface area contributed by atoms with Crippen LogP contribution in [0.3, 0.4) is 0 Å². The van der Waals surface area contributed by atoms with Crippen molar-refractivity contribution in [3.8, 4) is 0 Å². The van der Waals surface area contributed by atoms with Crippen molar-refractivity contribution in [3.05, 3.63) is 24.2 Å². The summed E-state index contributed by atoms with van der Waals surface area (Å²) in [5, 5.41) is 3.38. The average Bonchev–Trinajstić information content (AvgIpc) is 2.92. The van der Waals surface area contributed by atoms with Crippen LogP contribution < -0.4 is 5.32 Å². The zero-order chi connectivity index (χ0) is 12.6. The lowest BCUT2D eigenvalue weighted by Gasteiger charge is -2.30. The van der Waals surface area contributed by atoms with E-state index in [1.54, 1.807) is 12.5 Å². The quantitative estimate of drug-likeness (QED) is 0.755. The molecule has 0 saturated heterocycles. The highest BCUT2D eigenvalue weighted by molar-refractivity contribution is 5.04. The highest BCUT2D eigenvalue weighted by Crippen LogP contribution is 2.28. The molecule has 3 heteroatoms. The second kappa shape index (κ2) is 7.59. The predicted molar refractivity (Wildman–Crippen MR) is 72.4 cm³/mol. The van der Waals surface area contributed by atoms with Gasteiger partial charge in [-0.05, 0) is 24.8 Å². The topological polar surface area (TPSA) is 34.4 Å². The van der Waals surface area contributed by atoms with Gasteiger partial charge in [0.1, 0.15) is 0 Å². The SMILES string of the molecule is CCC1CCCCC1OCCNCc1ccoc1. The van der Waals surface area contributed by atoms with Gasteiger partial charge in [0.2, 0.25) is 0 Å². The fraction of sp³-hybridized carbons (Fsp3) is 0.733. The van der Waals surface area contributed by atoms with E-state index in [0.717, 1.165) is 25.6 Å². The van der Waals surface area contributed by atoms with Crippen LogP contribution in [0.2, 0.25) is 0 Å². The lowest BCUT2D eigenvalue weighted by atomic mass is 9.85. The maximum atomic E-state index is 6.02. The molecule has 102 valence electrons. The molecule has 0 aliphatic heterocycles. The first-order chi connectivity index (χ1) is 8.90. The molecule has 1 aliphatic carbocycles. The Morgan fingerprint density at radius 1 is 1.39 bits per heavy atom. The van der Waals surface area contributed by atoms with Crippen molar-refractivity contribution in [2.75, 3.05) is 13.2 Å². The molecule has 1 aromatic heterocycles. The van der Waals surface area contributed by atoms with Gasteiger partial charge in [0.25, 0.3) is 0 Å². The van der Waals surface area contributed by atoms with Gasteiger partial charge in [-0.3, -0.25) is 0 Å². The molecule has 1 fully saturated rings. The van der Waals surface area contributed by atoms with Gasteiger partial charge in [-0.25, -0.2) is 0 Å². The van der Waals surface area contributed by atoms with E-state index in [-0.39, 0.29) is 0 Å². The van der Waals surface area contributed by atoms with Crippen molar-refractivity contribution in [1.82, 2.24) is 5.32 Å². The van der Waals surface area contributed by atoms with Crippen molar-refractivity contribution >= 4 is 0 Å². The Kier molecular flexibility index (Phi) is 5.75. The van der Waals surface area contributed by atoms with Crippen LogP contribution in [0.5, 0.6) is 0 Å². The van der Waals surface area contributed by atoms with Crippen LogP contribution in [0.4, 0.5) is 0 Å². The van der Waals surface area contributed by atoms with Gasteiger partial charge >= 0.3 is 0 Å². The number of hydrogen-bond donors (Lipinski definition) is 1. The normalized spacial score (nSPS) is 24.3. The molecule has 0 amide bonds. The number of rotatable bonds is 7. The maximum Gasteiger partial charge on any atom is 0.0947 e. The summed E-state index contributed by atoms with van der Waals surface area (Å²) in [6.45, 7) is 4.88. The van der Waals surface area contributed by atoms with Crippen LogP contribution >= 0.6 is 0 Å². The molecular formula is C15H25NO2. The fourth-order valence-electron chi connectivity index (χ4n) is 2.77. The molecule has 1 heterocycles. The first-order valence-corrected chi connectivity index (χ1v) is 7.23. The molecule has 0 aromatic carbocycles. The lowest BCUT2D eigenvalue weighted by Crippen LogP contribution is -2.30. The standard InChI is InChI=1S/C15H25NO2/c1-2-14-5-3-4-6-15(14)18-10-8-16-11-13-7-9-17-12-13/h7,9,12,14-16H,2-6,8,10-11H2,1H3. The van der Waals surface area contributed by atoms with Crippen LogP contribution in [0.1, 0.15) is 44.6 Å². The Bertz CT molecular complexity index is 310. The summed E-state index contributed by atoms with van der Waals surface area (Å²) in [5.74, 6) is 0.785. The highest BCUT2D eigenvalue weighted by atomic mass is 16.5. The molecule has 1 saturated carbocycles. The second-order valence-electron chi connectivity index (χ2n) is 5.17. The van der Waals surface area contributed by atoms with E-state index in [2.05, 4.69) is 12.2 Å². The molecule has 3 nitrogen and oxygen atoms in total. The van der Waals surface area contributed by atoms with Gasteiger partial charge in [0.15, 0.2) is 0 Å². The monoisotopic (exact) mass is 251 g/mol. The summed E-state index contributed by atoms with van der Waals surface area (Å²) in [6.07, 6.45) is 10.6. The highest BCUT2D eigenvalue weighted by Gasteiger charge is 2.23. The summed E-state index contributed by atoms with van der Waals surface area (Å²) in [7, 11) is 0. The Morgan fingerprint density at radius 2 is 2.28 bits per heavy atom. The minimum Gasteiger partial charge on any atom is -0.472 e. The summed E-state index contributed by atoms with van der Waals surface area (Å²) < 4.78 is 11.0. The maximum absolute atomic E-state index is 6.02. The van der Waals surface area contributed by atoms with Crippen molar-refractivity contribution in [2.45, 2.75) is 51.7 Å². The minimum atomic E-state index is 0.500. The van der Waals surface area contributed by atoms with Gasteiger partial charge in [-0.15, -0.1) is 0 Å². The summed E-state index contributed by atoms with van der Waals surface area (Å²) >= 11 is 0. The molecule has 2 atom stereocenters. The molecule has 0 spiro atoms. The van der Waals surface area contributed by atoms with Crippen LogP contribution in [0, 0.1) is 5.92 Å². The first kappa shape index (κ1) is 13.6. The Labute approximate surface area is 110 Å². The zero-order valence-corrected chi connectivity index (χ0v) is 11.4. The lowest BCUT2D eigenvalue weighted by molar-refractivity contribution is -0.0103. The third-order valence-corrected chi connectivity index (χ3v) is 3.88. The van der Waals surface area contributed by atoms with E-state index >= 15 is 0 Å². The van der Waals surface area contributed by atoms with Crippen LogP contribution in [-0.2, 0) is 11.3 Å². The van der Waals surface area contributed by atoms with Gasteiger partial charge in [-0.2, -0.15) is 0 Å². The smallest absolute Gasteiger partial charge is 0.0947 e.